The van der Waals surface area contributed by atoms with Crippen molar-refractivity contribution in [2.24, 2.45) is 0 Å². The van der Waals surface area contributed by atoms with Crippen LogP contribution in [0.4, 0.5) is 0 Å². The van der Waals surface area contributed by atoms with Crippen LogP contribution in [0.5, 0.6) is 0 Å². The molecule has 2 unspecified atom stereocenters. The van der Waals surface area contributed by atoms with Crippen LogP contribution < -0.4 is 5.32 Å². The predicted molar refractivity (Wildman–Crippen MR) is 63.7 cm³/mol. The highest BCUT2D eigenvalue weighted by molar-refractivity contribution is 4.87. The number of hydrogen-bond donors (Lipinski definition) is 1. The first-order chi connectivity index (χ1) is 7.83. The van der Waals surface area contributed by atoms with E-state index in [4.69, 9.17) is 9.47 Å². The Morgan fingerprint density at radius 2 is 2.12 bits per heavy atom. The van der Waals surface area contributed by atoms with Crippen LogP contribution in [0.2, 0.25) is 0 Å². The molecule has 1 saturated heterocycles. The van der Waals surface area contributed by atoms with Crippen LogP contribution in [0, 0.1) is 0 Å². The van der Waals surface area contributed by atoms with Gasteiger partial charge in [0, 0.05) is 45.9 Å². The van der Waals surface area contributed by atoms with E-state index in [0.717, 1.165) is 38.7 Å². The van der Waals surface area contributed by atoms with Gasteiger partial charge in [0.1, 0.15) is 0 Å². The van der Waals surface area contributed by atoms with Crippen LogP contribution in [0.15, 0.2) is 0 Å². The highest BCUT2D eigenvalue weighted by atomic mass is 16.5. The molecule has 0 amide bonds. The van der Waals surface area contributed by atoms with Crippen molar-refractivity contribution in [2.75, 3.05) is 40.5 Å². The Hall–Kier alpha value is -0.160. The highest BCUT2D eigenvalue weighted by Gasteiger charge is 2.29. The molecule has 0 radical (unpaired) electrons. The smallest absolute Gasteiger partial charge is 0.0710 e. The van der Waals surface area contributed by atoms with Gasteiger partial charge in [0.2, 0.25) is 0 Å². The molecule has 94 valence electrons. The summed E-state index contributed by atoms with van der Waals surface area (Å²) in [5.74, 6) is 0. The quantitative estimate of drug-likeness (QED) is 0.687. The second-order valence-corrected chi connectivity index (χ2v) is 4.93. The van der Waals surface area contributed by atoms with Crippen LogP contribution in [0.3, 0.4) is 0 Å². The molecule has 0 spiro atoms. The summed E-state index contributed by atoms with van der Waals surface area (Å²) in [4.78, 5) is 2.49. The van der Waals surface area contributed by atoms with Crippen molar-refractivity contribution in [2.45, 2.75) is 37.5 Å². The minimum Gasteiger partial charge on any atom is -0.383 e. The summed E-state index contributed by atoms with van der Waals surface area (Å²) in [6, 6.07) is 1.28. The SMILES string of the molecule is COCC(CNC1CC1)N1CCC(OC)C1. The van der Waals surface area contributed by atoms with Crippen molar-refractivity contribution in [3.8, 4) is 0 Å². The van der Waals surface area contributed by atoms with E-state index < -0.39 is 0 Å². The van der Waals surface area contributed by atoms with Gasteiger partial charge < -0.3 is 14.8 Å². The summed E-state index contributed by atoms with van der Waals surface area (Å²) in [5.41, 5.74) is 0. The molecular weight excluding hydrogens is 204 g/mol. The minimum atomic E-state index is 0.417. The Balaban J connectivity index is 1.75. The molecule has 1 aliphatic heterocycles. The van der Waals surface area contributed by atoms with Crippen molar-refractivity contribution in [1.82, 2.24) is 10.2 Å². The monoisotopic (exact) mass is 228 g/mol. The van der Waals surface area contributed by atoms with Gasteiger partial charge in [-0.15, -0.1) is 0 Å². The van der Waals surface area contributed by atoms with Crippen molar-refractivity contribution in [3.63, 3.8) is 0 Å². The number of nitrogens with zero attached hydrogens (tertiary/aromatic N) is 1. The van der Waals surface area contributed by atoms with E-state index in [9.17, 15) is 0 Å². The maximum Gasteiger partial charge on any atom is 0.0710 e. The highest BCUT2D eigenvalue weighted by Crippen LogP contribution is 2.20. The van der Waals surface area contributed by atoms with Gasteiger partial charge in [-0.05, 0) is 19.3 Å². The Kier molecular flexibility index (Phi) is 4.58. The van der Waals surface area contributed by atoms with E-state index in [2.05, 4.69) is 10.2 Å². The third kappa shape index (κ3) is 3.42. The Morgan fingerprint density at radius 3 is 2.69 bits per heavy atom. The molecule has 1 heterocycles. The molecule has 4 heteroatoms. The van der Waals surface area contributed by atoms with E-state index in [1.165, 1.54) is 12.8 Å². The number of ether oxygens (including phenoxy) is 2. The maximum absolute atomic E-state index is 5.40. The first-order valence-electron chi connectivity index (χ1n) is 6.32. The number of hydrogen-bond acceptors (Lipinski definition) is 4. The van der Waals surface area contributed by atoms with Crippen LogP contribution in [0.1, 0.15) is 19.3 Å². The van der Waals surface area contributed by atoms with Gasteiger partial charge in [0.05, 0.1) is 12.7 Å². The van der Waals surface area contributed by atoms with E-state index >= 15 is 0 Å². The van der Waals surface area contributed by atoms with Gasteiger partial charge >= 0.3 is 0 Å². The molecule has 1 saturated carbocycles. The third-order valence-corrected chi connectivity index (χ3v) is 3.60. The summed E-state index contributed by atoms with van der Waals surface area (Å²) in [6.45, 7) is 4.06. The van der Waals surface area contributed by atoms with Crippen molar-refractivity contribution < 1.29 is 9.47 Å². The second kappa shape index (κ2) is 5.96. The van der Waals surface area contributed by atoms with E-state index in [1.54, 1.807) is 7.11 Å². The summed E-state index contributed by atoms with van der Waals surface area (Å²) >= 11 is 0. The van der Waals surface area contributed by atoms with Gasteiger partial charge in [0.25, 0.3) is 0 Å². The Morgan fingerprint density at radius 1 is 1.31 bits per heavy atom. The van der Waals surface area contributed by atoms with Gasteiger partial charge in [-0.2, -0.15) is 0 Å². The maximum atomic E-state index is 5.40. The molecule has 2 aliphatic rings. The molecule has 0 aromatic rings. The lowest BCUT2D eigenvalue weighted by Gasteiger charge is -2.27. The zero-order valence-corrected chi connectivity index (χ0v) is 10.4. The topological polar surface area (TPSA) is 33.7 Å². The number of rotatable bonds is 7. The summed E-state index contributed by atoms with van der Waals surface area (Å²) in [5, 5.41) is 3.59. The molecule has 1 aliphatic carbocycles. The lowest BCUT2D eigenvalue weighted by Crippen LogP contribution is -2.45. The van der Waals surface area contributed by atoms with Crippen LogP contribution >= 0.6 is 0 Å². The molecule has 2 fully saturated rings. The standard InChI is InChI=1S/C12H24N2O2/c1-15-9-11(7-13-10-3-4-10)14-6-5-12(8-14)16-2/h10-13H,3-9H2,1-2H3. The molecule has 4 nitrogen and oxygen atoms in total. The first kappa shape index (κ1) is 12.3. The average molecular weight is 228 g/mol. The van der Waals surface area contributed by atoms with E-state index in [-0.39, 0.29) is 0 Å². The Bertz CT molecular complexity index is 209. The molecular formula is C12H24N2O2. The van der Waals surface area contributed by atoms with Gasteiger partial charge in [-0.25, -0.2) is 0 Å². The van der Waals surface area contributed by atoms with Gasteiger partial charge in [-0.3, -0.25) is 4.90 Å². The largest absolute Gasteiger partial charge is 0.383 e. The van der Waals surface area contributed by atoms with Crippen LogP contribution in [0.25, 0.3) is 0 Å². The summed E-state index contributed by atoms with van der Waals surface area (Å²) in [6.07, 6.45) is 4.27. The third-order valence-electron chi connectivity index (χ3n) is 3.60. The lowest BCUT2D eigenvalue weighted by molar-refractivity contribution is 0.0755. The van der Waals surface area contributed by atoms with Gasteiger partial charge in [0.15, 0.2) is 0 Å². The minimum absolute atomic E-state index is 0.417. The van der Waals surface area contributed by atoms with Crippen molar-refractivity contribution >= 4 is 0 Å². The second-order valence-electron chi connectivity index (χ2n) is 4.93. The fourth-order valence-electron chi connectivity index (χ4n) is 2.35. The number of methoxy groups -OCH3 is 2. The fraction of sp³-hybridized carbons (Fsp3) is 1.00. The molecule has 2 rings (SSSR count). The van der Waals surface area contributed by atoms with Gasteiger partial charge in [-0.1, -0.05) is 0 Å². The van der Waals surface area contributed by atoms with E-state index in [1.807, 2.05) is 7.11 Å². The Labute approximate surface area is 98.3 Å². The predicted octanol–water partition coefficient (Wildman–Crippen LogP) is 0.474. The molecule has 0 aromatic carbocycles. The summed E-state index contributed by atoms with van der Waals surface area (Å²) in [7, 11) is 3.59. The van der Waals surface area contributed by atoms with Crippen molar-refractivity contribution in [3.05, 3.63) is 0 Å². The zero-order chi connectivity index (χ0) is 11.4. The zero-order valence-electron chi connectivity index (χ0n) is 10.4. The normalized spacial score (nSPS) is 28.5. The lowest BCUT2D eigenvalue weighted by atomic mass is 10.2. The number of likely N-dealkylation sites (tertiary alicyclic amines) is 1. The molecule has 0 aromatic heterocycles. The van der Waals surface area contributed by atoms with Crippen LogP contribution in [-0.2, 0) is 9.47 Å². The number of nitrogens with one attached hydrogen (secondary N) is 1. The fourth-order valence-corrected chi connectivity index (χ4v) is 2.35. The van der Waals surface area contributed by atoms with E-state index in [0.29, 0.717) is 12.1 Å². The van der Waals surface area contributed by atoms with Crippen LogP contribution in [-0.4, -0.2) is 63.5 Å². The molecule has 16 heavy (non-hydrogen) atoms. The first-order valence-corrected chi connectivity index (χ1v) is 6.32. The average Bonchev–Trinajstić information content (AvgIpc) is 3.00. The summed E-state index contributed by atoms with van der Waals surface area (Å²) < 4.78 is 10.7. The van der Waals surface area contributed by atoms with Crippen molar-refractivity contribution in [1.29, 1.82) is 0 Å². The molecule has 2 atom stereocenters. The molecule has 1 N–H and O–H groups in total. The molecule has 0 bridgehead atoms.